The highest BCUT2D eigenvalue weighted by molar-refractivity contribution is 8.00. The Labute approximate surface area is 119 Å². The Kier molecular flexibility index (Phi) is 4.66. The lowest BCUT2D eigenvalue weighted by atomic mass is 10.00. The molecule has 0 N–H and O–H groups in total. The van der Waals surface area contributed by atoms with Crippen LogP contribution in [0.25, 0.3) is 0 Å². The van der Waals surface area contributed by atoms with E-state index in [1.54, 1.807) is 16.7 Å². The molecule has 1 unspecified atom stereocenters. The Morgan fingerprint density at radius 3 is 2.42 bits per heavy atom. The maximum Gasteiger partial charge on any atom is 0.321 e. The van der Waals surface area contributed by atoms with E-state index < -0.39 is 15.2 Å². The van der Waals surface area contributed by atoms with Crippen molar-refractivity contribution in [2.24, 2.45) is 5.92 Å². The summed E-state index contributed by atoms with van der Waals surface area (Å²) < 4.78 is 23.6. The lowest BCUT2D eigenvalue weighted by molar-refractivity contribution is 0.133. The van der Waals surface area contributed by atoms with Crippen molar-refractivity contribution in [2.75, 3.05) is 37.4 Å². The minimum absolute atomic E-state index is 0.0948. The van der Waals surface area contributed by atoms with Gasteiger partial charge in [0.1, 0.15) is 5.37 Å². The first kappa shape index (κ1) is 15.0. The number of amides is 2. The number of nitrogens with zero attached hydrogens (tertiary/aromatic N) is 2. The van der Waals surface area contributed by atoms with Gasteiger partial charge in [-0.2, -0.15) is 11.8 Å². The van der Waals surface area contributed by atoms with Crippen LogP contribution in [0.1, 0.15) is 19.8 Å². The SMILES string of the molecule is CC1CCN(C(=O)N2CCSCC2S(C)(=O)=O)CC1. The van der Waals surface area contributed by atoms with E-state index in [-0.39, 0.29) is 6.03 Å². The van der Waals surface area contributed by atoms with Gasteiger partial charge < -0.3 is 9.80 Å². The molecular formula is C12H22N2O3S2. The van der Waals surface area contributed by atoms with Gasteiger partial charge in [0.25, 0.3) is 0 Å². The third kappa shape index (κ3) is 3.56. The minimum atomic E-state index is -3.21. The van der Waals surface area contributed by atoms with Gasteiger partial charge in [0.05, 0.1) is 0 Å². The second-order valence-corrected chi connectivity index (χ2v) is 8.86. The molecule has 0 radical (unpaired) electrons. The van der Waals surface area contributed by atoms with Crippen molar-refractivity contribution >= 4 is 27.6 Å². The molecule has 5 nitrogen and oxygen atoms in total. The monoisotopic (exact) mass is 306 g/mol. The van der Waals surface area contributed by atoms with Gasteiger partial charge in [0.2, 0.25) is 0 Å². The maximum absolute atomic E-state index is 12.5. The molecule has 0 aromatic carbocycles. The number of sulfone groups is 1. The topological polar surface area (TPSA) is 57.7 Å². The van der Waals surface area contributed by atoms with Crippen molar-refractivity contribution in [2.45, 2.75) is 25.1 Å². The van der Waals surface area contributed by atoms with E-state index in [1.807, 2.05) is 4.90 Å². The van der Waals surface area contributed by atoms with Crippen molar-refractivity contribution < 1.29 is 13.2 Å². The average molecular weight is 306 g/mol. The number of hydrogen-bond donors (Lipinski definition) is 0. The average Bonchev–Trinajstić information content (AvgIpc) is 2.38. The van der Waals surface area contributed by atoms with Crippen molar-refractivity contribution in [3.63, 3.8) is 0 Å². The summed E-state index contributed by atoms with van der Waals surface area (Å²) in [5.41, 5.74) is 0. The summed E-state index contributed by atoms with van der Waals surface area (Å²) in [7, 11) is -3.21. The summed E-state index contributed by atoms with van der Waals surface area (Å²) in [6.45, 7) is 4.23. The van der Waals surface area contributed by atoms with Crippen molar-refractivity contribution in [3.05, 3.63) is 0 Å². The van der Waals surface area contributed by atoms with Gasteiger partial charge in [-0.05, 0) is 18.8 Å². The molecule has 1 atom stereocenters. The van der Waals surface area contributed by atoms with E-state index in [4.69, 9.17) is 0 Å². The van der Waals surface area contributed by atoms with Gasteiger partial charge in [-0.1, -0.05) is 6.92 Å². The van der Waals surface area contributed by atoms with Crippen molar-refractivity contribution in [1.29, 1.82) is 0 Å². The van der Waals surface area contributed by atoms with Crippen LogP contribution in [0.5, 0.6) is 0 Å². The van der Waals surface area contributed by atoms with Crippen molar-refractivity contribution in [3.8, 4) is 0 Å². The van der Waals surface area contributed by atoms with E-state index in [1.165, 1.54) is 6.26 Å². The highest BCUT2D eigenvalue weighted by Crippen LogP contribution is 2.24. The molecule has 0 saturated carbocycles. The molecule has 2 aliphatic heterocycles. The highest BCUT2D eigenvalue weighted by Gasteiger charge is 2.36. The smallest absolute Gasteiger partial charge is 0.321 e. The third-order valence-electron chi connectivity index (χ3n) is 3.88. The van der Waals surface area contributed by atoms with Gasteiger partial charge in [-0.25, -0.2) is 13.2 Å². The molecule has 19 heavy (non-hydrogen) atoms. The number of piperidine rings is 1. The highest BCUT2D eigenvalue weighted by atomic mass is 32.2. The second kappa shape index (κ2) is 5.91. The van der Waals surface area contributed by atoms with E-state index in [2.05, 4.69) is 6.92 Å². The lowest BCUT2D eigenvalue weighted by Gasteiger charge is -2.39. The first-order valence-electron chi connectivity index (χ1n) is 6.71. The Bertz CT molecular complexity index is 430. The fraction of sp³-hybridized carbons (Fsp3) is 0.917. The van der Waals surface area contributed by atoms with Crippen LogP contribution in [-0.2, 0) is 9.84 Å². The number of hydrogen-bond acceptors (Lipinski definition) is 4. The summed E-state index contributed by atoms with van der Waals surface area (Å²) >= 11 is 1.61. The lowest BCUT2D eigenvalue weighted by Crippen LogP contribution is -2.55. The zero-order valence-corrected chi connectivity index (χ0v) is 13.2. The molecule has 7 heteroatoms. The van der Waals surface area contributed by atoms with Gasteiger partial charge in [-0.3, -0.25) is 0 Å². The number of likely N-dealkylation sites (tertiary alicyclic amines) is 1. The Hall–Kier alpha value is -0.430. The first-order valence-corrected chi connectivity index (χ1v) is 9.82. The third-order valence-corrected chi connectivity index (χ3v) is 6.52. The number of urea groups is 1. The van der Waals surface area contributed by atoms with E-state index >= 15 is 0 Å². The fourth-order valence-corrected chi connectivity index (χ4v) is 5.35. The first-order chi connectivity index (χ1) is 8.89. The Balaban J connectivity index is 2.07. The summed E-state index contributed by atoms with van der Waals surface area (Å²) in [4.78, 5) is 15.9. The quantitative estimate of drug-likeness (QED) is 0.732. The molecule has 2 rings (SSSR count). The molecule has 0 aliphatic carbocycles. The molecule has 2 aliphatic rings. The molecule has 0 bridgehead atoms. The largest absolute Gasteiger partial charge is 0.325 e. The Morgan fingerprint density at radius 1 is 1.21 bits per heavy atom. The van der Waals surface area contributed by atoms with Crippen LogP contribution in [-0.4, -0.2) is 67.0 Å². The molecule has 0 aromatic rings. The number of carbonyl (C=O) groups is 1. The number of rotatable bonds is 1. The normalized spacial score (nSPS) is 26.5. The predicted octanol–water partition coefficient (Wildman–Crippen LogP) is 1.26. The van der Waals surface area contributed by atoms with Crippen LogP contribution in [0.2, 0.25) is 0 Å². The number of thioether (sulfide) groups is 1. The molecule has 0 spiro atoms. The van der Waals surface area contributed by atoms with E-state index in [0.717, 1.165) is 31.7 Å². The van der Waals surface area contributed by atoms with Crippen LogP contribution in [0.4, 0.5) is 4.79 Å². The van der Waals surface area contributed by atoms with Gasteiger partial charge in [0.15, 0.2) is 9.84 Å². The number of carbonyl (C=O) groups excluding carboxylic acids is 1. The predicted molar refractivity (Wildman–Crippen MR) is 78.0 cm³/mol. The van der Waals surface area contributed by atoms with E-state index in [9.17, 15) is 13.2 Å². The van der Waals surface area contributed by atoms with Crippen LogP contribution in [0.15, 0.2) is 0 Å². The molecule has 110 valence electrons. The Morgan fingerprint density at radius 2 is 1.84 bits per heavy atom. The molecular weight excluding hydrogens is 284 g/mol. The fourth-order valence-electron chi connectivity index (χ4n) is 2.54. The van der Waals surface area contributed by atoms with Crippen LogP contribution < -0.4 is 0 Å². The molecule has 2 amide bonds. The minimum Gasteiger partial charge on any atom is -0.325 e. The van der Waals surface area contributed by atoms with Gasteiger partial charge in [0, 0.05) is 37.4 Å². The van der Waals surface area contributed by atoms with Crippen LogP contribution in [0.3, 0.4) is 0 Å². The van der Waals surface area contributed by atoms with Crippen LogP contribution in [0, 0.1) is 5.92 Å². The summed E-state index contributed by atoms with van der Waals surface area (Å²) in [5.74, 6) is 1.98. The van der Waals surface area contributed by atoms with Crippen molar-refractivity contribution in [1.82, 2.24) is 9.80 Å². The van der Waals surface area contributed by atoms with E-state index in [0.29, 0.717) is 18.2 Å². The molecule has 2 heterocycles. The molecule has 0 aromatic heterocycles. The summed E-state index contributed by atoms with van der Waals surface area (Å²) in [5, 5.41) is -0.655. The van der Waals surface area contributed by atoms with Gasteiger partial charge >= 0.3 is 6.03 Å². The molecule has 2 fully saturated rings. The van der Waals surface area contributed by atoms with Crippen LogP contribution >= 0.6 is 11.8 Å². The zero-order chi connectivity index (χ0) is 14.0. The summed E-state index contributed by atoms with van der Waals surface area (Å²) in [6, 6.07) is -0.0948. The standard InChI is InChI=1S/C12H22N2O3S2/c1-10-3-5-13(6-4-10)12(15)14-7-8-18-9-11(14)19(2,16)17/h10-11H,3-9H2,1-2H3. The summed E-state index contributed by atoms with van der Waals surface area (Å²) in [6.07, 6.45) is 3.25. The molecule has 2 saturated heterocycles. The zero-order valence-electron chi connectivity index (χ0n) is 11.5. The maximum atomic E-state index is 12.5. The van der Waals surface area contributed by atoms with Gasteiger partial charge in [-0.15, -0.1) is 0 Å². The second-order valence-electron chi connectivity index (χ2n) is 5.50.